The van der Waals surface area contributed by atoms with Crippen LogP contribution in [0.25, 0.3) is 0 Å². The summed E-state index contributed by atoms with van der Waals surface area (Å²) in [5.41, 5.74) is 1.10. The van der Waals surface area contributed by atoms with E-state index in [1.54, 1.807) is 7.11 Å². The third kappa shape index (κ3) is 5.25. The molecule has 1 heterocycles. The average molecular weight is 289 g/mol. The molecule has 114 valence electrons. The van der Waals surface area contributed by atoms with E-state index in [0.29, 0.717) is 13.2 Å². The number of ether oxygens (including phenoxy) is 2. The highest BCUT2D eigenvalue weighted by molar-refractivity contribution is 5.28. The van der Waals surface area contributed by atoms with E-state index >= 15 is 0 Å². The van der Waals surface area contributed by atoms with Crippen molar-refractivity contribution < 1.29 is 13.9 Å². The van der Waals surface area contributed by atoms with Crippen LogP contribution in [0.5, 0.6) is 5.75 Å². The molecule has 0 unspecified atom stereocenters. The molecule has 0 saturated heterocycles. The largest absolute Gasteiger partial charge is 0.486 e. The minimum Gasteiger partial charge on any atom is -0.486 e. The lowest BCUT2D eigenvalue weighted by molar-refractivity contribution is 0.184. The van der Waals surface area contributed by atoms with E-state index in [4.69, 9.17) is 13.9 Å². The molecule has 2 rings (SSSR count). The summed E-state index contributed by atoms with van der Waals surface area (Å²) in [6.07, 6.45) is 1.12. The van der Waals surface area contributed by atoms with Gasteiger partial charge in [-0.1, -0.05) is 19.1 Å². The maximum atomic E-state index is 5.75. The first kappa shape index (κ1) is 15.6. The van der Waals surface area contributed by atoms with Crippen LogP contribution in [-0.4, -0.2) is 13.7 Å². The van der Waals surface area contributed by atoms with Crippen LogP contribution in [-0.2, 0) is 24.5 Å². The minimum atomic E-state index is 0.435. The van der Waals surface area contributed by atoms with Crippen molar-refractivity contribution in [2.45, 2.75) is 33.1 Å². The second-order valence-electron chi connectivity index (χ2n) is 4.91. The van der Waals surface area contributed by atoms with Crippen LogP contribution in [0.15, 0.2) is 40.8 Å². The number of rotatable bonds is 9. The molecule has 0 aliphatic heterocycles. The molecule has 2 aromatic rings. The molecule has 0 radical (unpaired) electrons. The zero-order chi connectivity index (χ0) is 14.9. The molecule has 4 nitrogen and oxygen atoms in total. The van der Waals surface area contributed by atoms with Crippen LogP contribution in [0, 0.1) is 0 Å². The van der Waals surface area contributed by atoms with E-state index in [9.17, 15) is 0 Å². The number of nitrogens with one attached hydrogen (secondary N) is 1. The Labute approximate surface area is 126 Å². The van der Waals surface area contributed by atoms with Crippen molar-refractivity contribution in [3.8, 4) is 5.75 Å². The Kier molecular flexibility index (Phi) is 6.31. The van der Waals surface area contributed by atoms with E-state index in [0.717, 1.165) is 42.3 Å². The Bertz CT molecular complexity index is 536. The van der Waals surface area contributed by atoms with Crippen LogP contribution in [0.3, 0.4) is 0 Å². The summed E-state index contributed by atoms with van der Waals surface area (Å²) in [6, 6.07) is 11.8. The quantitative estimate of drug-likeness (QED) is 0.717. The number of hydrogen-bond acceptors (Lipinski definition) is 4. The maximum absolute atomic E-state index is 5.75. The predicted octanol–water partition coefficient (Wildman–Crippen LogP) is 3.50. The minimum absolute atomic E-state index is 0.435. The van der Waals surface area contributed by atoms with Crippen molar-refractivity contribution in [3.63, 3.8) is 0 Å². The van der Waals surface area contributed by atoms with Crippen molar-refractivity contribution in [2.24, 2.45) is 0 Å². The van der Waals surface area contributed by atoms with E-state index < -0.39 is 0 Å². The summed E-state index contributed by atoms with van der Waals surface area (Å²) in [5.74, 6) is 2.60. The summed E-state index contributed by atoms with van der Waals surface area (Å²) in [6.45, 7) is 4.93. The molecule has 1 N–H and O–H groups in total. The standard InChI is InChI=1S/C17H23NO3/c1-3-9-18-11-16-7-8-17(21-16)13-20-15-6-4-5-14(10-15)12-19-2/h4-8,10,18H,3,9,11-13H2,1-2H3. The molecule has 0 aliphatic carbocycles. The predicted molar refractivity (Wildman–Crippen MR) is 82.2 cm³/mol. The Morgan fingerprint density at radius 1 is 1.10 bits per heavy atom. The molecular formula is C17H23NO3. The van der Waals surface area contributed by atoms with Crippen LogP contribution in [0.2, 0.25) is 0 Å². The highest BCUT2D eigenvalue weighted by Crippen LogP contribution is 2.16. The van der Waals surface area contributed by atoms with Crippen molar-refractivity contribution in [2.75, 3.05) is 13.7 Å². The van der Waals surface area contributed by atoms with Crippen LogP contribution in [0.1, 0.15) is 30.4 Å². The molecule has 4 heteroatoms. The highest BCUT2D eigenvalue weighted by atomic mass is 16.5. The van der Waals surface area contributed by atoms with E-state index in [-0.39, 0.29) is 0 Å². The molecule has 0 bridgehead atoms. The van der Waals surface area contributed by atoms with E-state index in [1.807, 2.05) is 36.4 Å². The third-order valence-corrected chi connectivity index (χ3v) is 3.03. The summed E-state index contributed by atoms with van der Waals surface area (Å²) in [5, 5.41) is 3.31. The average Bonchev–Trinajstić information content (AvgIpc) is 2.94. The number of methoxy groups -OCH3 is 1. The van der Waals surface area contributed by atoms with Gasteiger partial charge in [0, 0.05) is 7.11 Å². The van der Waals surface area contributed by atoms with Gasteiger partial charge in [-0.2, -0.15) is 0 Å². The van der Waals surface area contributed by atoms with Crippen LogP contribution in [0.4, 0.5) is 0 Å². The van der Waals surface area contributed by atoms with Crippen molar-refractivity contribution in [1.82, 2.24) is 5.32 Å². The van der Waals surface area contributed by atoms with Gasteiger partial charge in [-0.15, -0.1) is 0 Å². The normalized spacial score (nSPS) is 10.8. The summed E-state index contributed by atoms with van der Waals surface area (Å²) < 4.78 is 16.6. The molecular weight excluding hydrogens is 266 g/mol. The number of hydrogen-bond donors (Lipinski definition) is 1. The van der Waals surface area contributed by atoms with Crippen LogP contribution >= 0.6 is 0 Å². The molecule has 1 aromatic carbocycles. The van der Waals surface area contributed by atoms with Gasteiger partial charge in [-0.3, -0.25) is 0 Å². The van der Waals surface area contributed by atoms with Crippen molar-refractivity contribution >= 4 is 0 Å². The summed E-state index contributed by atoms with van der Waals surface area (Å²) in [4.78, 5) is 0. The Morgan fingerprint density at radius 2 is 1.95 bits per heavy atom. The maximum Gasteiger partial charge on any atom is 0.146 e. The third-order valence-electron chi connectivity index (χ3n) is 3.03. The fourth-order valence-corrected chi connectivity index (χ4v) is 2.03. The van der Waals surface area contributed by atoms with E-state index in [1.165, 1.54) is 0 Å². The van der Waals surface area contributed by atoms with Gasteiger partial charge in [0.05, 0.1) is 13.2 Å². The molecule has 21 heavy (non-hydrogen) atoms. The molecule has 0 amide bonds. The van der Waals surface area contributed by atoms with Gasteiger partial charge in [0.2, 0.25) is 0 Å². The first-order chi connectivity index (χ1) is 10.3. The smallest absolute Gasteiger partial charge is 0.146 e. The summed E-state index contributed by atoms with van der Waals surface area (Å²) in [7, 11) is 1.69. The molecule has 0 atom stereocenters. The first-order valence-electron chi connectivity index (χ1n) is 7.30. The summed E-state index contributed by atoms with van der Waals surface area (Å²) >= 11 is 0. The van der Waals surface area contributed by atoms with Gasteiger partial charge in [-0.05, 0) is 42.8 Å². The lowest BCUT2D eigenvalue weighted by atomic mass is 10.2. The van der Waals surface area contributed by atoms with E-state index in [2.05, 4.69) is 12.2 Å². The Balaban J connectivity index is 1.83. The molecule has 0 spiro atoms. The number of furan rings is 1. The molecule has 0 aliphatic rings. The fraction of sp³-hybridized carbons (Fsp3) is 0.412. The highest BCUT2D eigenvalue weighted by Gasteiger charge is 2.03. The lowest BCUT2D eigenvalue weighted by Gasteiger charge is -2.06. The molecule has 1 aromatic heterocycles. The van der Waals surface area contributed by atoms with Crippen LogP contribution < -0.4 is 10.1 Å². The second kappa shape index (κ2) is 8.49. The topological polar surface area (TPSA) is 43.6 Å². The monoisotopic (exact) mass is 289 g/mol. The van der Waals surface area contributed by atoms with Gasteiger partial charge in [0.1, 0.15) is 23.9 Å². The zero-order valence-corrected chi connectivity index (χ0v) is 12.7. The van der Waals surface area contributed by atoms with Gasteiger partial charge in [-0.25, -0.2) is 0 Å². The van der Waals surface area contributed by atoms with Gasteiger partial charge < -0.3 is 19.2 Å². The molecule has 0 saturated carbocycles. The Hall–Kier alpha value is -1.78. The SMILES string of the molecule is CCCNCc1ccc(COc2cccc(COC)c2)o1. The zero-order valence-electron chi connectivity index (χ0n) is 12.7. The Morgan fingerprint density at radius 3 is 2.76 bits per heavy atom. The van der Waals surface area contributed by atoms with Gasteiger partial charge in [0.15, 0.2) is 0 Å². The molecule has 0 fully saturated rings. The van der Waals surface area contributed by atoms with Gasteiger partial charge in [0.25, 0.3) is 0 Å². The van der Waals surface area contributed by atoms with Crippen molar-refractivity contribution in [1.29, 1.82) is 0 Å². The number of benzene rings is 1. The second-order valence-corrected chi connectivity index (χ2v) is 4.91. The van der Waals surface area contributed by atoms with Gasteiger partial charge >= 0.3 is 0 Å². The lowest BCUT2D eigenvalue weighted by Crippen LogP contribution is -2.13. The first-order valence-corrected chi connectivity index (χ1v) is 7.30. The fourth-order valence-electron chi connectivity index (χ4n) is 2.03. The van der Waals surface area contributed by atoms with Crippen molar-refractivity contribution in [3.05, 3.63) is 53.5 Å².